The molecular weight excluding hydrogens is 275 g/mol. The minimum absolute atomic E-state index is 0.145. The van der Waals surface area contributed by atoms with Crippen LogP contribution in [0.3, 0.4) is 0 Å². The molecule has 0 bridgehead atoms. The predicted molar refractivity (Wildman–Crippen MR) is 66.0 cm³/mol. The first-order valence-electron chi connectivity index (χ1n) is 4.63. The van der Waals surface area contributed by atoms with Crippen molar-refractivity contribution >= 4 is 27.3 Å². The zero-order valence-electron chi connectivity index (χ0n) is 8.26. The maximum atomic E-state index is 13.5. The van der Waals surface area contributed by atoms with E-state index in [0.29, 0.717) is 6.42 Å². The van der Waals surface area contributed by atoms with E-state index >= 15 is 0 Å². The fourth-order valence-corrected chi connectivity index (χ4v) is 2.52. The zero-order valence-corrected chi connectivity index (χ0v) is 10.7. The number of hydrogen-bond acceptors (Lipinski definition) is 1. The first kappa shape index (κ1) is 10.8. The van der Waals surface area contributed by atoms with Crippen LogP contribution < -0.4 is 0 Å². The number of aryl methyl sites for hydroxylation is 1. The second-order valence-corrected chi connectivity index (χ2v) is 5.51. The van der Waals surface area contributed by atoms with Crippen LogP contribution in [0.5, 0.6) is 0 Å². The molecule has 0 aliphatic rings. The molecular formula is C12H10BrFS. The lowest BCUT2D eigenvalue weighted by atomic mass is 10.1. The summed E-state index contributed by atoms with van der Waals surface area (Å²) in [6.07, 6.45) is 0.670. The lowest BCUT2D eigenvalue weighted by Gasteiger charge is -2.01. The molecule has 0 aliphatic carbocycles. The number of thiophene rings is 1. The lowest BCUT2D eigenvalue weighted by Crippen LogP contribution is -1.90. The van der Waals surface area contributed by atoms with Crippen molar-refractivity contribution in [1.82, 2.24) is 0 Å². The van der Waals surface area contributed by atoms with Gasteiger partial charge in [-0.25, -0.2) is 4.39 Å². The fourth-order valence-electron chi connectivity index (χ4n) is 1.48. The van der Waals surface area contributed by atoms with Crippen molar-refractivity contribution in [1.29, 1.82) is 0 Å². The van der Waals surface area contributed by atoms with Crippen molar-refractivity contribution in [3.63, 3.8) is 0 Å². The van der Waals surface area contributed by atoms with Gasteiger partial charge in [-0.15, -0.1) is 11.3 Å². The monoisotopic (exact) mass is 284 g/mol. The molecule has 78 valence electrons. The van der Waals surface area contributed by atoms with Crippen molar-refractivity contribution in [2.45, 2.75) is 13.3 Å². The van der Waals surface area contributed by atoms with E-state index in [4.69, 9.17) is 0 Å². The standard InChI is InChI=1S/C12H10BrFS/c1-8-4-9(7-15-8)5-10-2-3-11(13)6-12(10)14/h2-4,6-7H,5H2,1H3. The Labute approximate surface area is 101 Å². The van der Waals surface area contributed by atoms with Gasteiger partial charge in [-0.3, -0.25) is 0 Å². The summed E-state index contributed by atoms with van der Waals surface area (Å²) in [5, 5.41) is 2.08. The maximum Gasteiger partial charge on any atom is 0.127 e. The molecule has 1 aromatic carbocycles. The first-order valence-corrected chi connectivity index (χ1v) is 6.30. The van der Waals surface area contributed by atoms with Crippen molar-refractivity contribution in [3.8, 4) is 0 Å². The van der Waals surface area contributed by atoms with Gasteiger partial charge in [0.1, 0.15) is 5.82 Å². The van der Waals surface area contributed by atoms with Crippen LogP contribution in [0, 0.1) is 12.7 Å². The van der Waals surface area contributed by atoms with Crippen molar-refractivity contribution in [3.05, 3.63) is 55.9 Å². The highest BCUT2D eigenvalue weighted by Gasteiger charge is 2.04. The Bertz CT molecular complexity index is 476. The third kappa shape index (κ3) is 2.67. The molecule has 0 saturated carbocycles. The van der Waals surface area contributed by atoms with Gasteiger partial charge in [-0.05, 0) is 41.6 Å². The number of rotatable bonds is 2. The highest BCUT2D eigenvalue weighted by Crippen LogP contribution is 2.21. The summed E-state index contributed by atoms with van der Waals surface area (Å²) in [4.78, 5) is 1.27. The van der Waals surface area contributed by atoms with Crippen LogP contribution in [-0.2, 0) is 6.42 Å². The molecule has 0 spiro atoms. The molecule has 0 nitrogen and oxygen atoms in total. The SMILES string of the molecule is Cc1cc(Cc2ccc(Br)cc2F)cs1. The minimum Gasteiger partial charge on any atom is -0.207 e. The van der Waals surface area contributed by atoms with Gasteiger partial charge in [0, 0.05) is 15.8 Å². The Kier molecular flexibility index (Phi) is 3.22. The topological polar surface area (TPSA) is 0 Å². The number of halogens is 2. The van der Waals surface area contributed by atoms with Crippen LogP contribution >= 0.6 is 27.3 Å². The van der Waals surface area contributed by atoms with Gasteiger partial charge in [0.25, 0.3) is 0 Å². The molecule has 0 N–H and O–H groups in total. The van der Waals surface area contributed by atoms with E-state index in [1.165, 1.54) is 16.5 Å². The van der Waals surface area contributed by atoms with Gasteiger partial charge < -0.3 is 0 Å². The molecule has 3 heteroatoms. The first-order chi connectivity index (χ1) is 7.15. The summed E-state index contributed by atoms with van der Waals surface area (Å²) in [5.74, 6) is -0.145. The second kappa shape index (κ2) is 4.45. The molecule has 1 aromatic heterocycles. The molecule has 0 aliphatic heterocycles. The van der Waals surface area contributed by atoms with Crippen LogP contribution in [0.2, 0.25) is 0 Å². The third-order valence-corrected chi connectivity index (χ3v) is 3.60. The van der Waals surface area contributed by atoms with Crippen molar-refractivity contribution < 1.29 is 4.39 Å². The molecule has 2 aromatic rings. The van der Waals surface area contributed by atoms with Crippen LogP contribution in [0.4, 0.5) is 4.39 Å². The fraction of sp³-hybridized carbons (Fsp3) is 0.167. The summed E-state index contributed by atoms with van der Waals surface area (Å²) in [6, 6.07) is 7.31. The Hall–Kier alpha value is -0.670. The van der Waals surface area contributed by atoms with Crippen LogP contribution in [0.25, 0.3) is 0 Å². The van der Waals surface area contributed by atoms with Gasteiger partial charge in [-0.1, -0.05) is 22.0 Å². The highest BCUT2D eigenvalue weighted by molar-refractivity contribution is 9.10. The second-order valence-electron chi connectivity index (χ2n) is 3.48. The summed E-state index contributed by atoms with van der Waals surface area (Å²) >= 11 is 4.95. The molecule has 15 heavy (non-hydrogen) atoms. The smallest absolute Gasteiger partial charge is 0.127 e. The molecule has 2 rings (SSSR count). The van der Waals surface area contributed by atoms with E-state index in [9.17, 15) is 4.39 Å². The molecule has 0 radical (unpaired) electrons. The Balaban J connectivity index is 2.24. The maximum absolute atomic E-state index is 13.5. The summed E-state index contributed by atoms with van der Waals surface area (Å²) in [5.41, 5.74) is 1.93. The van der Waals surface area contributed by atoms with Crippen molar-refractivity contribution in [2.24, 2.45) is 0 Å². The van der Waals surface area contributed by atoms with E-state index in [1.807, 2.05) is 12.1 Å². The van der Waals surface area contributed by atoms with Gasteiger partial charge in [-0.2, -0.15) is 0 Å². The van der Waals surface area contributed by atoms with Crippen LogP contribution in [0.1, 0.15) is 16.0 Å². The molecule has 0 saturated heterocycles. The predicted octanol–water partition coefficient (Wildman–Crippen LogP) is 4.55. The van der Waals surface area contributed by atoms with Gasteiger partial charge in [0.2, 0.25) is 0 Å². The molecule has 0 unspecified atom stereocenters. The van der Waals surface area contributed by atoms with Gasteiger partial charge in [0.05, 0.1) is 0 Å². The lowest BCUT2D eigenvalue weighted by molar-refractivity contribution is 0.613. The number of benzene rings is 1. The van der Waals surface area contributed by atoms with E-state index in [-0.39, 0.29) is 5.82 Å². The zero-order chi connectivity index (χ0) is 10.8. The third-order valence-electron chi connectivity index (χ3n) is 2.19. The molecule has 1 heterocycles. The van der Waals surface area contributed by atoms with E-state index in [1.54, 1.807) is 11.3 Å². The Morgan fingerprint density at radius 2 is 2.13 bits per heavy atom. The minimum atomic E-state index is -0.145. The summed E-state index contributed by atoms with van der Waals surface area (Å²) < 4.78 is 14.3. The van der Waals surface area contributed by atoms with E-state index < -0.39 is 0 Å². The quantitative estimate of drug-likeness (QED) is 0.759. The van der Waals surface area contributed by atoms with Gasteiger partial charge in [0.15, 0.2) is 0 Å². The van der Waals surface area contributed by atoms with Crippen molar-refractivity contribution in [2.75, 3.05) is 0 Å². The molecule has 0 amide bonds. The summed E-state index contributed by atoms with van der Waals surface area (Å²) in [6.45, 7) is 2.06. The van der Waals surface area contributed by atoms with E-state index in [2.05, 4.69) is 34.3 Å². The highest BCUT2D eigenvalue weighted by atomic mass is 79.9. The average molecular weight is 285 g/mol. The average Bonchev–Trinajstić information content (AvgIpc) is 2.56. The Morgan fingerprint density at radius 1 is 1.33 bits per heavy atom. The van der Waals surface area contributed by atoms with Gasteiger partial charge >= 0.3 is 0 Å². The van der Waals surface area contributed by atoms with Crippen LogP contribution in [0.15, 0.2) is 34.1 Å². The number of hydrogen-bond donors (Lipinski definition) is 0. The molecule has 0 fully saturated rings. The Morgan fingerprint density at radius 3 is 2.73 bits per heavy atom. The van der Waals surface area contributed by atoms with Crippen LogP contribution in [-0.4, -0.2) is 0 Å². The largest absolute Gasteiger partial charge is 0.207 e. The molecule has 0 atom stereocenters. The van der Waals surface area contributed by atoms with E-state index in [0.717, 1.165) is 10.0 Å². The summed E-state index contributed by atoms with van der Waals surface area (Å²) in [7, 11) is 0. The normalized spacial score (nSPS) is 10.6.